The molecule has 3 atom stereocenters. The van der Waals surface area contributed by atoms with Crippen LogP contribution in [0.4, 0.5) is 4.79 Å². The molecule has 1 unspecified atom stereocenters. The second-order valence-corrected chi connectivity index (χ2v) is 8.77. The summed E-state index contributed by atoms with van der Waals surface area (Å²) in [7, 11) is 0. The Morgan fingerprint density at radius 3 is 2.26 bits per heavy atom. The van der Waals surface area contributed by atoms with Gasteiger partial charge in [-0.25, -0.2) is 9.59 Å². The van der Waals surface area contributed by atoms with E-state index in [0.29, 0.717) is 12.8 Å². The van der Waals surface area contributed by atoms with Crippen molar-refractivity contribution < 1.29 is 24.2 Å². The highest BCUT2D eigenvalue weighted by atomic mass is 16.5. The minimum atomic E-state index is -1.18. The molecular formula is C27H28N2O5. The molecular weight excluding hydrogens is 432 g/mol. The van der Waals surface area contributed by atoms with Gasteiger partial charge in [0.15, 0.2) is 0 Å². The van der Waals surface area contributed by atoms with E-state index in [0.717, 1.165) is 35.1 Å². The van der Waals surface area contributed by atoms with Gasteiger partial charge in [-0.05, 0) is 35.1 Å². The molecule has 0 aromatic heterocycles. The van der Waals surface area contributed by atoms with Gasteiger partial charge in [-0.3, -0.25) is 4.79 Å². The van der Waals surface area contributed by atoms with Crippen molar-refractivity contribution >= 4 is 18.0 Å². The van der Waals surface area contributed by atoms with Crippen LogP contribution in [-0.4, -0.2) is 41.8 Å². The molecule has 3 N–H and O–H groups in total. The smallest absolute Gasteiger partial charge is 0.407 e. The molecule has 2 aliphatic rings. The van der Waals surface area contributed by atoms with Crippen molar-refractivity contribution in [1.29, 1.82) is 0 Å². The zero-order valence-electron chi connectivity index (χ0n) is 18.8. The van der Waals surface area contributed by atoms with Gasteiger partial charge in [0.1, 0.15) is 12.6 Å². The van der Waals surface area contributed by atoms with Crippen molar-refractivity contribution in [2.45, 2.75) is 50.1 Å². The second-order valence-electron chi connectivity index (χ2n) is 8.77. The lowest BCUT2D eigenvalue weighted by atomic mass is 9.83. The average molecular weight is 461 g/mol. The average Bonchev–Trinajstić information content (AvgIpc) is 3.16. The van der Waals surface area contributed by atoms with Crippen LogP contribution in [0.2, 0.25) is 0 Å². The molecule has 34 heavy (non-hydrogen) atoms. The zero-order valence-corrected chi connectivity index (χ0v) is 18.8. The summed E-state index contributed by atoms with van der Waals surface area (Å²) < 4.78 is 5.63. The van der Waals surface area contributed by atoms with E-state index in [2.05, 4.69) is 40.8 Å². The molecule has 0 heterocycles. The number of carboxylic acid groups (broad SMARTS) is 1. The Bertz CT molecular complexity index is 1080. The molecule has 176 valence electrons. The van der Waals surface area contributed by atoms with E-state index in [-0.39, 0.29) is 18.9 Å². The Labute approximate surface area is 198 Å². The predicted molar refractivity (Wildman–Crippen MR) is 127 cm³/mol. The largest absolute Gasteiger partial charge is 0.480 e. The van der Waals surface area contributed by atoms with Gasteiger partial charge in [-0.1, -0.05) is 61.4 Å². The lowest BCUT2D eigenvalue weighted by molar-refractivity contribution is -0.142. The van der Waals surface area contributed by atoms with Crippen molar-refractivity contribution in [3.8, 4) is 23.5 Å². The number of benzene rings is 2. The minimum Gasteiger partial charge on any atom is -0.480 e. The highest BCUT2D eigenvalue weighted by Gasteiger charge is 2.35. The van der Waals surface area contributed by atoms with Crippen LogP contribution < -0.4 is 10.6 Å². The standard InChI is InChI=1S/C27H28N2O5/c1-2-9-24(26(31)32)28-25(30)21-14-7-8-15-23(21)29-27(33)34-16-22-19-12-5-3-10-17(19)18-11-4-6-13-20(18)22/h1,3-6,10-13,21-24H,7-9,14-16H2,(H,28,30)(H,29,33)(H,31,32)/t21-,23+,24?/m0/s1. The predicted octanol–water partition coefficient (Wildman–Crippen LogP) is 3.68. The molecule has 0 spiro atoms. The van der Waals surface area contributed by atoms with Crippen LogP contribution in [-0.2, 0) is 14.3 Å². The molecule has 0 radical (unpaired) electrons. The number of nitrogens with one attached hydrogen (secondary N) is 2. The summed E-state index contributed by atoms with van der Waals surface area (Å²) in [4.78, 5) is 36.8. The summed E-state index contributed by atoms with van der Waals surface area (Å²) in [5, 5.41) is 14.6. The number of ether oxygens (including phenoxy) is 1. The first kappa shape index (κ1) is 23.4. The number of amides is 2. The van der Waals surface area contributed by atoms with Gasteiger partial charge in [0.25, 0.3) is 0 Å². The van der Waals surface area contributed by atoms with E-state index in [1.165, 1.54) is 0 Å². The van der Waals surface area contributed by atoms with Crippen LogP contribution in [0.25, 0.3) is 11.1 Å². The SMILES string of the molecule is C#CCC(NC(=O)[C@H]1CCCC[C@H]1NC(=O)OCC1c2ccccc2-c2ccccc21)C(=O)O. The van der Waals surface area contributed by atoms with Crippen LogP contribution in [0, 0.1) is 18.3 Å². The lowest BCUT2D eigenvalue weighted by Crippen LogP contribution is -2.51. The summed E-state index contributed by atoms with van der Waals surface area (Å²) in [6, 6.07) is 14.6. The highest BCUT2D eigenvalue weighted by Crippen LogP contribution is 2.44. The molecule has 2 aromatic carbocycles. The monoisotopic (exact) mass is 460 g/mol. The van der Waals surface area contributed by atoms with Crippen LogP contribution in [0.5, 0.6) is 0 Å². The Morgan fingerprint density at radius 2 is 1.65 bits per heavy atom. The van der Waals surface area contributed by atoms with Gasteiger partial charge in [0, 0.05) is 18.4 Å². The van der Waals surface area contributed by atoms with Crippen LogP contribution in [0.3, 0.4) is 0 Å². The molecule has 2 aromatic rings. The number of carboxylic acids is 1. The van der Waals surface area contributed by atoms with Gasteiger partial charge in [0.2, 0.25) is 5.91 Å². The number of alkyl carbamates (subject to hydrolysis) is 1. The summed E-state index contributed by atoms with van der Waals surface area (Å²) in [5.74, 6) is 0.0991. The van der Waals surface area contributed by atoms with Gasteiger partial charge in [-0.2, -0.15) is 0 Å². The molecule has 4 rings (SSSR count). The lowest BCUT2D eigenvalue weighted by Gasteiger charge is -2.31. The van der Waals surface area contributed by atoms with E-state index >= 15 is 0 Å². The number of carbonyl (C=O) groups excluding carboxylic acids is 2. The number of fused-ring (bicyclic) bond motifs is 3. The Balaban J connectivity index is 1.39. The van der Waals surface area contributed by atoms with E-state index < -0.39 is 36.0 Å². The summed E-state index contributed by atoms with van der Waals surface area (Å²) in [6.45, 7) is 0.187. The van der Waals surface area contributed by atoms with E-state index in [9.17, 15) is 19.5 Å². The van der Waals surface area contributed by atoms with Crippen LogP contribution in [0.15, 0.2) is 48.5 Å². The van der Waals surface area contributed by atoms with Crippen molar-refractivity contribution in [1.82, 2.24) is 10.6 Å². The topological polar surface area (TPSA) is 105 Å². The Hall–Kier alpha value is -3.79. The Kier molecular flexibility index (Phi) is 7.17. The van der Waals surface area contributed by atoms with Gasteiger partial charge in [-0.15, -0.1) is 12.3 Å². The van der Waals surface area contributed by atoms with Crippen LogP contribution >= 0.6 is 0 Å². The molecule has 2 amide bonds. The maximum atomic E-state index is 12.8. The molecule has 0 saturated heterocycles. The molecule has 0 aliphatic heterocycles. The van der Waals surface area contributed by atoms with Crippen molar-refractivity contribution in [2.75, 3.05) is 6.61 Å². The number of terminal acetylenes is 1. The van der Waals surface area contributed by atoms with Crippen molar-refractivity contribution in [3.63, 3.8) is 0 Å². The number of carbonyl (C=O) groups is 3. The minimum absolute atomic E-state index is 0.0521. The molecule has 2 aliphatic carbocycles. The van der Waals surface area contributed by atoms with Crippen molar-refractivity contribution in [3.05, 3.63) is 59.7 Å². The molecule has 0 bridgehead atoms. The van der Waals surface area contributed by atoms with E-state index in [1.54, 1.807) is 0 Å². The molecule has 1 saturated carbocycles. The number of rotatable bonds is 7. The third kappa shape index (κ3) is 4.91. The quantitative estimate of drug-likeness (QED) is 0.547. The van der Waals surface area contributed by atoms with Gasteiger partial charge >= 0.3 is 12.1 Å². The molecule has 1 fully saturated rings. The summed E-state index contributed by atoms with van der Waals surface area (Å²) in [5.41, 5.74) is 4.55. The first-order valence-electron chi connectivity index (χ1n) is 11.6. The summed E-state index contributed by atoms with van der Waals surface area (Å²) in [6.07, 6.45) is 7.41. The third-order valence-electron chi connectivity index (χ3n) is 6.69. The molecule has 7 nitrogen and oxygen atoms in total. The fourth-order valence-electron chi connectivity index (χ4n) is 5.01. The maximum Gasteiger partial charge on any atom is 0.407 e. The van der Waals surface area contributed by atoms with Crippen LogP contribution in [0.1, 0.15) is 49.1 Å². The fourth-order valence-corrected chi connectivity index (χ4v) is 5.01. The second kappa shape index (κ2) is 10.4. The number of hydrogen-bond acceptors (Lipinski definition) is 4. The van der Waals surface area contributed by atoms with E-state index in [4.69, 9.17) is 11.2 Å². The van der Waals surface area contributed by atoms with Gasteiger partial charge in [0.05, 0.1) is 5.92 Å². The first-order chi connectivity index (χ1) is 16.5. The third-order valence-corrected chi connectivity index (χ3v) is 6.69. The fraction of sp³-hybridized carbons (Fsp3) is 0.370. The number of hydrogen-bond donors (Lipinski definition) is 3. The normalized spacial score (nSPS) is 19.7. The van der Waals surface area contributed by atoms with Gasteiger partial charge < -0.3 is 20.5 Å². The highest BCUT2D eigenvalue weighted by molar-refractivity contribution is 5.86. The first-order valence-corrected chi connectivity index (χ1v) is 11.6. The molecule has 7 heteroatoms. The van der Waals surface area contributed by atoms with E-state index in [1.807, 2.05) is 24.3 Å². The number of aliphatic carboxylic acids is 1. The maximum absolute atomic E-state index is 12.8. The summed E-state index contributed by atoms with van der Waals surface area (Å²) >= 11 is 0. The Morgan fingerprint density at radius 1 is 1.03 bits per heavy atom. The zero-order chi connectivity index (χ0) is 24.1. The van der Waals surface area contributed by atoms with Crippen molar-refractivity contribution in [2.24, 2.45) is 5.92 Å².